The van der Waals surface area contributed by atoms with E-state index in [1.165, 1.54) is 12.3 Å². The van der Waals surface area contributed by atoms with E-state index in [-0.39, 0.29) is 35.8 Å². The van der Waals surface area contributed by atoms with Crippen LogP contribution < -0.4 is 10.1 Å². The molecule has 1 fully saturated rings. The number of amides is 1. The number of rotatable bonds is 5. The van der Waals surface area contributed by atoms with Gasteiger partial charge in [-0.2, -0.15) is 0 Å². The van der Waals surface area contributed by atoms with Gasteiger partial charge in [0, 0.05) is 46.0 Å². The van der Waals surface area contributed by atoms with Crippen LogP contribution in [-0.2, 0) is 11.3 Å². The molecule has 0 bridgehead atoms. The number of piperazine rings is 1. The van der Waals surface area contributed by atoms with Gasteiger partial charge in [-0.15, -0.1) is 24.0 Å². The van der Waals surface area contributed by atoms with E-state index >= 15 is 0 Å². The molecule has 0 aliphatic carbocycles. The number of nitrogens with zero attached hydrogens (tertiary/aromatic N) is 4. The Hall–Kier alpha value is -2.63. The molecule has 1 aliphatic rings. The highest BCUT2D eigenvalue weighted by Crippen LogP contribution is 2.24. The fraction of sp³-hybridized carbons (Fsp3) is 0.381. The number of hydrogen-bond acceptors (Lipinski definition) is 5. The molecule has 1 aromatic heterocycles. The molecule has 0 unspecified atom stereocenters. The standard InChI is InChI=1S/C21H26FN5O3.HI/c1-3-29-21(28)27-11-9-26(10-12-27)20(23-2)25-14-16-6-7-19(18(22)13-16)30-17-5-4-8-24-15-17;/h4-8,13,15H,3,9-12,14H2,1-2H3,(H,23,25);1H. The third-order valence-corrected chi connectivity index (χ3v) is 4.63. The van der Waals surface area contributed by atoms with Gasteiger partial charge in [-0.3, -0.25) is 9.98 Å². The summed E-state index contributed by atoms with van der Waals surface area (Å²) >= 11 is 0. The topological polar surface area (TPSA) is 79.3 Å². The highest BCUT2D eigenvalue weighted by atomic mass is 127. The number of nitrogens with one attached hydrogen (secondary N) is 1. The summed E-state index contributed by atoms with van der Waals surface area (Å²) in [6.07, 6.45) is 2.87. The lowest BCUT2D eigenvalue weighted by atomic mass is 10.2. The van der Waals surface area contributed by atoms with Crippen molar-refractivity contribution in [3.63, 3.8) is 0 Å². The maximum absolute atomic E-state index is 14.4. The predicted octanol–water partition coefficient (Wildman–Crippen LogP) is 3.48. The summed E-state index contributed by atoms with van der Waals surface area (Å²) in [6, 6.07) is 8.27. The number of aromatic nitrogens is 1. The zero-order chi connectivity index (χ0) is 21.3. The Morgan fingerprint density at radius 1 is 1.23 bits per heavy atom. The lowest BCUT2D eigenvalue weighted by Crippen LogP contribution is -2.53. The molecule has 1 aromatic carbocycles. The van der Waals surface area contributed by atoms with Gasteiger partial charge in [0.05, 0.1) is 12.8 Å². The fourth-order valence-electron chi connectivity index (χ4n) is 3.10. The summed E-state index contributed by atoms with van der Waals surface area (Å²) in [5, 5.41) is 3.24. The summed E-state index contributed by atoms with van der Waals surface area (Å²) < 4.78 is 25.0. The van der Waals surface area contributed by atoms with Crippen molar-refractivity contribution >= 4 is 36.0 Å². The number of carbonyl (C=O) groups excluding carboxylic acids is 1. The maximum atomic E-state index is 14.4. The van der Waals surface area contributed by atoms with Crippen LogP contribution >= 0.6 is 24.0 Å². The molecule has 0 spiro atoms. The number of benzene rings is 1. The molecule has 1 amide bonds. The largest absolute Gasteiger partial charge is 0.453 e. The molecule has 168 valence electrons. The Morgan fingerprint density at radius 3 is 2.58 bits per heavy atom. The molecule has 2 aromatic rings. The van der Waals surface area contributed by atoms with Crippen molar-refractivity contribution in [3.8, 4) is 11.5 Å². The minimum Gasteiger partial charge on any atom is -0.453 e. The number of aliphatic imine (C=N–C) groups is 1. The van der Waals surface area contributed by atoms with E-state index < -0.39 is 5.82 Å². The Morgan fingerprint density at radius 2 is 1.97 bits per heavy atom. The van der Waals surface area contributed by atoms with Crippen LogP contribution in [0.1, 0.15) is 12.5 Å². The number of guanidine groups is 1. The number of pyridine rings is 1. The van der Waals surface area contributed by atoms with Gasteiger partial charge in [-0.1, -0.05) is 6.07 Å². The summed E-state index contributed by atoms with van der Waals surface area (Å²) in [6.45, 7) is 4.98. The van der Waals surface area contributed by atoms with Crippen LogP contribution in [-0.4, -0.2) is 66.7 Å². The summed E-state index contributed by atoms with van der Waals surface area (Å²) in [5.74, 6) is 0.877. The van der Waals surface area contributed by atoms with Crippen LogP contribution in [0, 0.1) is 5.82 Å². The van der Waals surface area contributed by atoms with Crippen molar-refractivity contribution in [2.24, 2.45) is 4.99 Å². The molecule has 1 N–H and O–H groups in total. The molecule has 3 rings (SSSR count). The van der Waals surface area contributed by atoms with E-state index in [4.69, 9.17) is 9.47 Å². The van der Waals surface area contributed by atoms with Gasteiger partial charge in [-0.25, -0.2) is 9.18 Å². The van der Waals surface area contributed by atoms with Crippen molar-refractivity contribution in [1.29, 1.82) is 0 Å². The van der Waals surface area contributed by atoms with Crippen LogP contribution in [0.3, 0.4) is 0 Å². The van der Waals surface area contributed by atoms with Crippen LogP contribution in [0.2, 0.25) is 0 Å². The number of ether oxygens (including phenoxy) is 2. The second-order valence-corrected chi connectivity index (χ2v) is 6.63. The van der Waals surface area contributed by atoms with Crippen molar-refractivity contribution in [2.75, 3.05) is 39.8 Å². The Bertz CT molecular complexity index is 877. The first-order valence-electron chi connectivity index (χ1n) is 9.84. The van der Waals surface area contributed by atoms with E-state index in [9.17, 15) is 9.18 Å². The van der Waals surface area contributed by atoms with Gasteiger partial charge in [0.15, 0.2) is 17.5 Å². The van der Waals surface area contributed by atoms with Crippen LogP contribution in [0.5, 0.6) is 11.5 Å². The normalized spacial score (nSPS) is 14.0. The van der Waals surface area contributed by atoms with Crippen molar-refractivity contribution in [3.05, 3.63) is 54.1 Å². The van der Waals surface area contributed by atoms with E-state index in [1.807, 2.05) is 0 Å². The second kappa shape index (κ2) is 12.3. The number of hydrogen-bond donors (Lipinski definition) is 1. The first-order chi connectivity index (χ1) is 14.6. The average Bonchev–Trinajstić information content (AvgIpc) is 2.77. The van der Waals surface area contributed by atoms with Gasteiger partial charge in [-0.05, 0) is 36.8 Å². The SMILES string of the molecule is CCOC(=O)N1CCN(C(=NC)NCc2ccc(Oc3cccnc3)c(F)c2)CC1.I. The molecular formula is C21H27FIN5O3. The van der Waals surface area contributed by atoms with E-state index in [1.54, 1.807) is 49.3 Å². The molecule has 31 heavy (non-hydrogen) atoms. The average molecular weight is 543 g/mol. The van der Waals surface area contributed by atoms with E-state index in [2.05, 4.69) is 20.2 Å². The third-order valence-electron chi connectivity index (χ3n) is 4.63. The molecule has 0 radical (unpaired) electrons. The first kappa shape index (κ1) is 24.6. The minimum absolute atomic E-state index is 0. The number of halogens is 2. The van der Waals surface area contributed by atoms with Gasteiger partial charge < -0.3 is 24.6 Å². The van der Waals surface area contributed by atoms with Crippen molar-refractivity contribution in [1.82, 2.24) is 20.1 Å². The van der Waals surface area contributed by atoms with Crippen LogP contribution in [0.4, 0.5) is 9.18 Å². The van der Waals surface area contributed by atoms with Crippen LogP contribution in [0.25, 0.3) is 0 Å². The lowest BCUT2D eigenvalue weighted by molar-refractivity contribution is 0.0914. The number of carbonyl (C=O) groups is 1. The molecule has 8 nitrogen and oxygen atoms in total. The van der Waals surface area contributed by atoms with E-state index in [0.29, 0.717) is 51.0 Å². The molecular weight excluding hydrogens is 516 g/mol. The van der Waals surface area contributed by atoms with Gasteiger partial charge >= 0.3 is 6.09 Å². The summed E-state index contributed by atoms with van der Waals surface area (Å²) in [4.78, 5) is 23.8. The Kier molecular flexibility index (Phi) is 9.76. The van der Waals surface area contributed by atoms with Gasteiger partial charge in [0.25, 0.3) is 0 Å². The monoisotopic (exact) mass is 543 g/mol. The molecule has 1 saturated heterocycles. The van der Waals surface area contributed by atoms with Crippen molar-refractivity contribution in [2.45, 2.75) is 13.5 Å². The molecule has 2 heterocycles. The summed E-state index contributed by atoms with van der Waals surface area (Å²) in [5.41, 5.74) is 0.761. The Balaban J connectivity index is 0.00000341. The van der Waals surface area contributed by atoms with Crippen LogP contribution in [0.15, 0.2) is 47.7 Å². The molecule has 1 aliphatic heterocycles. The predicted molar refractivity (Wildman–Crippen MR) is 126 cm³/mol. The minimum atomic E-state index is -0.448. The van der Waals surface area contributed by atoms with Crippen molar-refractivity contribution < 1.29 is 18.7 Å². The highest BCUT2D eigenvalue weighted by molar-refractivity contribution is 14.0. The molecule has 0 atom stereocenters. The highest BCUT2D eigenvalue weighted by Gasteiger charge is 2.23. The zero-order valence-corrected chi connectivity index (χ0v) is 19.9. The lowest BCUT2D eigenvalue weighted by Gasteiger charge is -2.35. The Labute approximate surface area is 198 Å². The summed E-state index contributed by atoms with van der Waals surface area (Å²) in [7, 11) is 1.70. The van der Waals surface area contributed by atoms with Gasteiger partial charge in [0.2, 0.25) is 0 Å². The smallest absolute Gasteiger partial charge is 0.409 e. The first-order valence-corrected chi connectivity index (χ1v) is 9.84. The quantitative estimate of drug-likeness (QED) is 0.354. The third kappa shape index (κ3) is 6.94. The second-order valence-electron chi connectivity index (χ2n) is 6.63. The zero-order valence-electron chi connectivity index (χ0n) is 17.6. The molecule has 0 saturated carbocycles. The van der Waals surface area contributed by atoms with E-state index in [0.717, 1.165) is 5.56 Å². The van der Waals surface area contributed by atoms with Gasteiger partial charge in [0.1, 0.15) is 5.75 Å². The fourth-order valence-corrected chi connectivity index (χ4v) is 3.10. The molecule has 10 heteroatoms. The maximum Gasteiger partial charge on any atom is 0.409 e.